The minimum Gasteiger partial charge on any atom is -0.493 e. The molecule has 5 rings (SSSR count). The zero-order chi connectivity index (χ0) is 32.4. The quantitative estimate of drug-likeness (QED) is 0.318. The van der Waals surface area contributed by atoms with Gasteiger partial charge >= 0.3 is 5.97 Å². The van der Waals surface area contributed by atoms with E-state index in [9.17, 15) is 14.7 Å². The second kappa shape index (κ2) is 13.8. The summed E-state index contributed by atoms with van der Waals surface area (Å²) in [7, 11) is 6.48. The number of hydrogen-bond acceptors (Lipinski definition) is 6. The molecule has 45 heavy (non-hydrogen) atoms. The fraction of sp³-hybridized carbons (Fsp3) is 0.611. The Bertz CT molecular complexity index is 1350. The molecule has 3 heterocycles. The van der Waals surface area contributed by atoms with Gasteiger partial charge in [-0.25, -0.2) is 0 Å². The molecular formula is C36H52N3O6+. The molecule has 3 unspecified atom stereocenters. The maximum absolute atomic E-state index is 14.3. The number of carbonyl (C=O) groups is 2. The average molecular weight is 623 g/mol. The summed E-state index contributed by atoms with van der Waals surface area (Å²) in [5, 5.41) is 10.7. The van der Waals surface area contributed by atoms with E-state index < -0.39 is 23.6 Å². The number of carboxylic acid groups (broad SMARTS) is 1. The molecule has 2 aromatic rings. The van der Waals surface area contributed by atoms with Crippen molar-refractivity contribution in [2.24, 2.45) is 11.3 Å². The van der Waals surface area contributed by atoms with Gasteiger partial charge in [0.25, 0.3) is 0 Å². The molecule has 3 aliphatic rings. The maximum Gasteiger partial charge on any atom is 0.308 e. The Hall–Kier alpha value is -2.98. The Balaban J connectivity index is 1.46. The van der Waals surface area contributed by atoms with E-state index in [2.05, 4.69) is 65.0 Å². The van der Waals surface area contributed by atoms with E-state index in [1.165, 1.54) is 5.56 Å². The lowest BCUT2D eigenvalue weighted by molar-refractivity contribution is -0.884. The van der Waals surface area contributed by atoms with Crippen molar-refractivity contribution in [2.45, 2.75) is 71.2 Å². The number of hydrogen-bond donors (Lipinski definition) is 1. The standard InChI is InChI=1S/C36H51N3O6/c1-7-8-15-38(28-11-9-10-25(19-28)24-39(4,5)6)32(40)23-37-22-29(26-12-13-31-27(20-26)14-16-43-31)33(34(41)42)30(37)21-36(2,3)35-44-17-18-45-35/h9-13,19-20,29-30,33,35H,7-8,14-18,21-24H2,1-6H3/p+1. The van der Waals surface area contributed by atoms with Gasteiger partial charge in [-0.05, 0) is 42.2 Å². The maximum atomic E-state index is 14.3. The van der Waals surface area contributed by atoms with E-state index in [-0.39, 0.29) is 24.4 Å². The first-order valence-electron chi connectivity index (χ1n) is 16.5. The van der Waals surface area contributed by atoms with Crippen LogP contribution >= 0.6 is 0 Å². The van der Waals surface area contributed by atoms with Gasteiger partial charge < -0.3 is 28.7 Å². The molecule has 0 radical (unpaired) electrons. The van der Waals surface area contributed by atoms with Crippen LogP contribution in [0, 0.1) is 11.3 Å². The summed E-state index contributed by atoms with van der Waals surface area (Å²) in [6.45, 7) is 10.1. The summed E-state index contributed by atoms with van der Waals surface area (Å²) in [5.41, 5.74) is 3.74. The van der Waals surface area contributed by atoms with Crippen LogP contribution in [0.2, 0.25) is 0 Å². The summed E-state index contributed by atoms with van der Waals surface area (Å²) < 4.78 is 18.3. The fourth-order valence-electron chi connectivity index (χ4n) is 7.31. The lowest BCUT2D eigenvalue weighted by Gasteiger charge is -2.37. The second-order valence-corrected chi connectivity index (χ2v) is 14.7. The Morgan fingerprint density at radius 2 is 1.82 bits per heavy atom. The second-order valence-electron chi connectivity index (χ2n) is 14.7. The summed E-state index contributed by atoms with van der Waals surface area (Å²) >= 11 is 0. The van der Waals surface area contributed by atoms with Crippen LogP contribution in [-0.2, 0) is 32.0 Å². The highest BCUT2D eigenvalue weighted by atomic mass is 16.7. The molecule has 1 N–H and O–H groups in total. The summed E-state index contributed by atoms with van der Waals surface area (Å²) in [5.74, 6) is -0.908. The van der Waals surface area contributed by atoms with Crippen LogP contribution in [0.15, 0.2) is 42.5 Å². The average Bonchev–Trinajstić information content (AvgIpc) is 3.73. The number of carbonyl (C=O) groups excluding carboxylic acids is 1. The van der Waals surface area contributed by atoms with Crippen molar-refractivity contribution in [2.75, 3.05) is 65.5 Å². The zero-order valence-electron chi connectivity index (χ0n) is 28.0. The molecule has 3 aliphatic heterocycles. The van der Waals surface area contributed by atoms with E-state index >= 15 is 0 Å². The number of carboxylic acids is 1. The summed E-state index contributed by atoms with van der Waals surface area (Å²) in [6, 6.07) is 14.0. The fourth-order valence-corrected chi connectivity index (χ4v) is 7.31. The number of aliphatic carboxylic acids is 1. The highest BCUT2D eigenvalue weighted by molar-refractivity contribution is 5.95. The van der Waals surface area contributed by atoms with Crippen LogP contribution < -0.4 is 9.64 Å². The molecule has 9 heteroatoms. The molecule has 246 valence electrons. The summed E-state index contributed by atoms with van der Waals surface area (Å²) in [6.07, 6.45) is 2.79. The molecule has 2 aromatic carbocycles. The van der Waals surface area contributed by atoms with Crippen molar-refractivity contribution in [3.8, 4) is 5.75 Å². The van der Waals surface area contributed by atoms with Gasteiger partial charge in [-0.15, -0.1) is 0 Å². The normalized spacial score (nSPS) is 22.4. The van der Waals surface area contributed by atoms with Crippen molar-refractivity contribution >= 4 is 17.6 Å². The minimum absolute atomic E-state index is 0.00540. The molecule has 1 amide bonds. The smallest absolute Gasteiger partial charge is 0.308 e. The van der Waals surface area contributed by atoms with Gasteiger partial charge in [-0.3, -0.25) is 14.5 Å². The molecule has 2 saturated heterocycles. The molecule has 0 bridgehead atoms. The van der Waals surface area contributed by atoms with E-state index in [4.69, 9.17) is 14.2 Å². The zero-order valence-corrected chi connectivity index (χ0v) is 28.0. The molecule has 0 saturated carbocycles. The van der Waals surface area contributed by atoms with Gasteiger partial charge in [-0.2, -0.15) is 0 Å². The molecule has 2 fully saturated rings. The summed E-state index contributed by atoms with van der Waals surface area (Å²) in [4.78, 5) is 31.4. The van der Waals surface area contributed by atoms with Crippen LogP contribution in [0.4, 0.5) is 5.69 Å². The van der Waals surface area contributed by atoms with Crippen LogP contribution in [-0.4, -0.2) is 99.3 Å². The Kier molecular flexibility index (Phi) is 10.2. The van der Waals surface area contributed by atoms with Crippen molar-refractivity contribution in [3.63, 3.8) is 0 Å². The Morgan fingerprint density at radius 3 is 2.51 bits per heavy atom. The van der Waals surface area contributed by atoms with Crippen LogP contribution in [0.1, 0.15) is 62.6 Å². The Morgan fingerprint density at radius 1 is 1.07 bits per heavy atom. The number of likely N-dealkylation sites (tertiary alicyclic amines) is 1. The number of unbranched alkanes of at least 4 members (excludes halogenated alkanes) is 1. The van der Waals surface area contributed by atoms with Crippen LogP contribution in [0.5, 0.6) is 5.75 Å². The first kappa shape index (κ1) is 33.4. The largest absolute Gasteiger partial charge is 0.493 e. The van der Waals surface area contributed by atoms with E-state index in [1.54, 1.807) is 0 Å². The predicted octanol–water partition coefficient (Wildman–Crippen LogP) is 4.92. The topological polar surface area (TPSA) is 88.5 Å². The highest BCUT2D eigenvalue weighted by Gasteiger charge is 2.50. The van der Waals surface area contributed by atoms with Crippen molar-refractivity contribution in [3.05, 3.63) is 59.2 Å². The third-order valence-corrected chi connectivity index (χ3v) is 9.42. The van der Waals surface area contributed by atoms with Gasteiger partial charge in [0, 0.05) is 48.1 Å². The molecule has 9 nitrogen and oxygen atoms in total. The lowest BCUT2D eigenvalue weighted by atomic mass is 9.77. The molecule has 3 atom stereocenters. The molecule has 0 spiro atoms. The first-order valence-corrected chi connectivity index (χ1v) is 16.5. The Labute approximate surface area is 268 Å². The van der Waals surface area contributed by atoms with E-state index in [0.717, 1.165) is 52.9 Å². The number of nitrogens with zero attached hydrogens (tertiary/aromatic N) is 3. The van der Waals surface area contributed by atoms with E-state index in [1.807, 2.05) is 29.2 Å². The van der Waals surface area contributed by atoms with Gasteiger partial charge in [0.1, 0.15) is 12.3 Å². The van der Waals surface area contributed by atoms with Gasteiger partial charge in [0.2, 0.25) is 5.91 Å². The number of anilines is 1. The number of rotatable bonds is 13. The highest BCUT2D eigenvalue weighted by Crippen LogP contribution is 2.45. The predicted molar refractivity (Wildman–Crippen MR) is 174 cm³/mol. The first-order chi connectivity index (χ1) is 21.4. The molecule has 0 aromatic heterocycles. The van der Waals surface area contributed by atoms with Crippen molar-refractivity contribution in [1.29, 1.82) is 0 Å². The van der Waals surface area contributed by atoms with Gasteiger partial charge in [-0.1, -0.05) is 51.5 Å². The SMILES string of the molecule is CCCCN(C(=O)CN1CC(c2ccc3c(c2)CCO3)C(C(=O)O)C1CC(C)(C)C1OCCO1)c1cccc(C[N+](C)(C)C)c1. The number of benzene rings is 2. The van der Waals surface area contributed by atoms with Gasteiger partial charge in [0.15, 0.2) is 6.29 Å². The number of amides is 1. The van der Waals surface area contributed by atoms with Crippen LogP contribution in [0.3, 0.4) is 0 Å². The lowest BCUT2D eigenvalue weighted by Crippen LogP contribution is -2.47. The van der Waals surface area contributed by atoms with Crippen LogP contribution in [0.25, 0.3) is 0 Å². The number of quaternary nitrogens is 1. The van der Waals surface area contributed by atoms with Crippen molar-refractivity contribution < 1.29 is 33.4 Å². The van der Waals surface area contributed by atoms with E-state index in [0.29, 0.717) is 39.3 Å². The third kappa shape index (κ3) is 7.88. The minimum atomic E-state index is -0.836. The van der Waals surface area contributed by atoms with Gasteiger partial charge in [0.05, 0.1) is 53.4 Å². The monoisotopic (exact) mass is 622 g/mol. The third-order valence-electron chi connectivity index (χ3n) is 9.42. The number of ether oxygens (including phenoxy) is 3. The molecular weight excluding hydrogens is 570 g/mol. The molecule has 0 aliphatic carbocycles. The van der Waals surface area contributed by atoms with Crippen molar-refractivity contribution in [1.82, 2.24) is 4.90 Å². The number of fused-ring (bicyclic) bond motifs is 1.